The van der Waals surface area contributed by atoms with Crippen molar-refractivity contribution in [2.75, 3.05) is 12.4 Å². The summed E-state index contributed by atoms with van der Waals surface area (Å²) in [6.07, 6.45) is 3.32. The second kappa shape index (κ2) is 6.44. The molecule has 0 aliphatic rings. The Labute approximate surface area is 118 Å². The van der Waals surface area contributed by atoms with Gasteiger partial charge in [-0.05, 0) is 24.2 Å². The lowest BCUT2D eigenvalue weighted by molar-refractivity contribution is 0.587. The minimum Gasteiger partial charge on any atom is -0.350 e. The Kier molecular flexibility index (Phi) is 4.65. The first-order valence-electron chi connectivity index (χ1n) is 6.09. The van der Waals surface area contributed by atoms with Crippen LogP contribution in [0.2, 0.25) is 0 Å². The van der Waals surface area contributed by atoms with Crippen LogP contribution < -0.4 is 10.0 Å². The highest BCUT2D eigenvalue weighted by molar-refractivity contribution is 7.88. The Balaban J connectivity index is 2.03. The van der Waals surface area contributed by atoms with E-state index in [1.807, 2.05) is 18.2 Å². The number of hydrogen-bond acceptors (Lipinski definition) is 5. The minimum atomic E-state index is -3.25. The normalized spacial score (nSPS) is 11.2. The van der Waals surface area contributed by atoms with E-state index < -0.39 is 10.0 Å². The molecule has 0 radical (unpaired) electrons. The largest absolute Gasteiger partial charge is 0.350 e. The maximum absolute atomic E-state index is 11.5. The maximum Gasteiger partial charge on any atom is 0.222 e. The van der Waals surface area contributed by atoms with Gasteiger partial charge in [-0.3, -0.25) is 0 Å². The highest BCUT2D eigenvalue weighted by atomic mass is 32.2. The zero-order valence-electron chi connectivity index (χ0n) is 11.1. The molecular formula is C13H16N4O2S. The van der Waals surface area contributed by atoms with Crippen LogP contribution in [0.4, 0.5) is 5.95 Å². The quantitative estimate of drug-likeness (QED) is 0.834. The van der Waals surface area contributed by atoms with Crippen molar-refractivity contribution in [2.24, 2.45) is 0 Å². The van der Waals surface area contributed by atoms with Crippen LogP contribution in [-0.4, -0.2) is 25.4 Å². The van der Waals surface area contributed by atoms with Crippen molar-refractivity contribution in [3.63, 3.8) is 0 Å². The molecule has 0 saturated carbocycles. The fourth-order valence-corrected chi connectivity index (χ4v) is 2.46. The molecule has 0 saturated heterocycles. The molecule has 2 rings (SSSR count). The number of sulfonamides is 1. The van der Waals surface area contributed by atoms with Crippen LogP contribution in [0.3, 0.4) is 0 Å². The Morgan fingerprint density at radius 3 is 2.50 bits per heavy atom. The topological polar surface area (TPSA) is 84.0 Å². The van der Waals surface area contributed by atoms with Gasteiger partial charge in [-0.1, -0.05) is 24.3 Å². The van der Waals surface area contributed by atoms with Crippen LogP contribution in [0.5, 0.6) is 0 Å². The summed E-state index contributed by atoms with van der Waals surface area (Å²) in [5.74, 6) is 0.514. The first kappa shape index (κ1) is 14.4. The number of benzene rings is 1. The first-order valence-corrected chi connectivity index (χ1v) is 7.74. The fraction of sp³-hybridized carbons (Fsp3) is 0.231. The average Bonchev–Trinajstić information content (AvgIpc) is 2.46. The molecule has 0 unspecified atom stereocenters. The van der Waals surface area contributed by atoms with E-state index in [-0.39, 0.29) is 5.75 Å². The fourth-order valence-electron chi connectivity index (χ4n) is 1.69. The van der Waals surface area contributed by atoms with Gasteiger partial charge in [0.15, 0.2) is 0 Å². The number of nitrogens with one attached hydrogen (secondary N) is 2. The third-order valence-corrected chi connectivity index (χ3v) is 4.01. The van der Waals surface area contributed by atoms with E-state index in [1.54, 1.807) is 24.5 Å². The Morgan fingerprint density at radius 1 is 1.10 bits per heavy atom. The SMILES string of the molecule is CNS(=O)(=O)Cc1cccc(CNc2ncccn2)c1. The highest BCUT2D eigenvalue weighted by Gasteiger charge is 2.08. The van der Waals surface area contributed by atoms with Gasteiger partial charge >= 0.3 is 0 Å². The number of aromatic nitrogens is 2. The van der Waals surface area contributed by atoms with Crippen LogP contribution >= 0.6 is 0 Å². The summed E-state index contributed by atoms with van der Waals surface area (Å²) in [6.45, 7) is 0.539. The maximum atomic E-state index is 11.5. The van der Waals surface area contributed by atoms with Gasteiger partial charge < -0.3 is 5.32 Å². The number of nitrogens with zero attached hydrogens (tertiary/aromatic N) is 2. The highest BCUT2D eigenvalue weighted by Crippen LogP contribution is 2.10. The number of anilines is 1. The predicted octanol–water partition coefficient (Wildman–Crippen LogP) is 1.14. The second-order valence-corrected chi connectivity index (χ2v) is 6.14. The lowest BCUT2D eigenvalue weighted by Gasteiger charge is -2.07. The van der Waals surface area contributed by atoms with Crippen molar-refractivity contribution in [2.45, 2.75) is 12.3 Å². The molecule has 0 amide bonds. The van der Waals surface area contributed by atoms with Gasteiger partial charge in [0.25, 0.3) is 0 Å². The van der Waals surface area contributed by atoms with Gasteiger partial charge in [0, 0.05) is 18.9 Å². The van der Waals surface area contributed by atoms with E-state index in [0.29, 0.717) is 12.5 Å². The zero-order valence-corrected chi connectivity index (χ0v) is 11.9. The van der Waals surface area contributed by atoms with Crippen molar-refractivity contribution < 1.29 is 8.42 Å². The molecule has 1 heterocycles. The molecule has 2 N–H and O–H groups in total. The van der Waals surface area contributed by atoms with Gasteiger partial charge in [-0.15, -0.1) is 0 Å². The van der Waals surface area contributed by atoms with Crippen molar-refractivity contribution in [3.8, 4) is 0 Å². The molecule has 20 heavy (non-hydrogen) atoms. The van der Waals surface area contributed by atoms with Crippen LogP contribution in [0, 0.1) is 0 Å². The molecule has 1 aromatic heterocycles. The Bertz CT molecular complexity index is 659. The first-order chi connectivity index (χ1) is 9.59. The van der Waals surface area contributed by atoms with E-state index >= 15 is 0 Å². The third-order valence-electron chi connectivity index (χ3n) is 2.68. The summed E-state index contributed by atoms with van der Waals surface area (Å²) < 4.78 is 25.3. The van der Waals surface area contributed by atoms with Crippen LogP contribution in [0.25, 0.3) is 0 Å². The monoisotopic (exact) mass is 292 g/mol. The summed E-state index contributed by atoms with van der Waals surface area (Å²) in [4.78, 5) is 8.12. The lowest BCUT2D eigenvalue weighted by Crippen LogP contribution is -2.20. The Morgan fingerprint density at radius 2 is 1.80 bits per heavy atom. The molecule has 2 aromatic rings. The van der Waals surface area contributed by atoms with Gasteiger partial charge in [-0.2, -0.15) is 0 Å². The minimum absolute atomic E-state index is 0.0286. The van der Waals surface area contributed by atoms with Gasteiger partial charge in [0.1, 0.15) is 0 Å². The van der Waals surface area contributed by atoms with E-state index in [4.69, 9.17) is 0 Å². The van der Waals surface area contributed by atoms with Crippen molar-refractivity contribution in [3.05, 3.63) is 53.9 Å². The predicted molar refractivity (Wildman–Crippen MR) is 77.5 cm³/mol. The standard InChI is InChI=1S/C13H16N4O2S/c1-14-20(18,19)10-12-5-2-4-11(8-12)9-17-13-15-6-3-7-16-13/h2-8,14H,9-10H2,1H3,(H,15,16,17). The smallest absolute Gasteiger partial charge is 0.222 e. The number of rotatable bonds is 6. The summed E-state index contributed by atoms with van der Waals surface area (Å²) >= 11 is 0. The van der Waals surface area contributed by atoms with Crippen molar-refractivity contribution >= 4 is 16.0 Å². The van der Waals surface area contributed by atoms with Gasteiger partial charge in [0.05, 0.1) is 5.75 Å². The summed E-state index contributed by atoms with van der Waals surface area (Å²) in [5, 5.41) is 3.08. The summed E-state index contributed by atoms with van der Waals surface area (Å²) in [6, 6.07) is 9.14. The lowest BCUT2D eigenvalue weighted by atomic mass is 10.1. The molecule has 6 nitrogen and oxygen atoms in total. The molecule has 0 fully saturated rings. The molecule has 106 valence electrons. The van der Waals surface area contributed by atoms with Crippen LogP contribution in [0.15, 0.2) is 42.7 Å². The van der Waals surface area contributed by atoms with E-state index in [1.165, 1.54) is 7.05 Å². The molecule has 7 heteroatoms. The third kappa shape index (κ3) is 4.29. The molecular weight excluding hydrogens is 276 g/mol. The summed E-state index contributed by atoms with van der Waals surface area (Å²) in [7, 11) is -1.84. The van der Waals surface area contributed by atoms with Crippen LogP contribution in [0.1, 0.15) is 11.1 Å². The molecule has 0 aliphatic heterocycles. The molecule has 0 bridgehead atoms. The molecule has 0 atom stereocenters. The van der Waals surface area contributed by atoms with E-state index in [9.17, 15) is 8.42 Å². The van der Waals surface area contributed by atoms with E-state index in [2.05, 4.69) is 20.0 Å². The number of hydrogen-bond donors (Lipinski definition) is 2. The Hall–Kier alpha value is -1.99. The van der Waals surface area contributed by atoms with Crippen molar-refractivity contribution in [1.82, 2.24) is 14.7 Å². The van der Waals surface area contributed by atoms with Crippen LogP contribution in [-0.2, 0) is 22.3 Å². The second-order valence-electron chi connectivity index (χ2n) is 4.21. The summed E-state index contributed by atoms with van der Waals surface area (Å²) in [5.41, 5.74) is 1.72. The van der Waals surface area contributed by atoms with Crippen molar-refractivity contribution in [1.29, 1.82) is 0 Å². The molecule has 0 aliphatic carbocycles. The molecule has 0 spiro atoms. The van der Waals surface area contributed by atoms with Gasteiger partial charge in [0.2, 0.25) is 16.0 Å². The molecule has 1 aromatic carbocycles. The average molecular weight is 292 g/mol. The van der Waals surface area contributed by atoms with E-state index in [0.717, 1.165) is 11.1 Å². The van der Waals surface area contributed by atoms with Gasteiger partial charge in [-0.25, -0.2) is 23.1 Å². The zero-order chi connectivity index (χ0) is 14.4.